The Kier molecular flexibility index (Phi) is 3.16. The zero-order valence-corrected chi connectivity index (χ0v) is 9.51. The highest BCUT2D eigenvalue weighted by molar-refractivity contribution is 4.88. The molecular formula is C12H20O4. The Morgan fingerprint density at radius 1 is 1.00 bits per heavy atom. The molecule has 5 atom stereocenters. The second kappa shape index (κ2) is 4.61. The minimum Gasteiger partial charge on any atom is -0.352 e. The summed E-state index contributed by atoms with van der Waals surface area (Å²) in [6.07, 6.45) is 6.33. The van der Waals surface area contributed by atoms with E-state index in [0.717, 1.165) is 25.4 Å². The van der Waals surface area contributed by atoms with Crippen LogP contribution in [-0.4, -0.2) is 24.4 Å². The van der Waals surface area contributed by atoms with Gasteiger partial charge in [0.05, 0.1) is 6.61 Å². The zero-order valence-electron chi connectivity index (χ0n) is 9.51. The van der Waals surface area contributed by atoms with Crippen molar-refractivity contribution in [1.29, 1.82) is 0 Å². The Morgan fingerprint density at radius 3 is 2.62 bits per heavy atom. The largest absolute Gasteiger partial charge is 0.352 e. The first-order chi connectivity index (χ1) is 7.88. The van der Waals surface area contributed by atoms with E-state index in [1.165, 1.54) is 25.7 Å². The minimum atomic E-state index is -0.491. The fourth-order valence-electron chi connectivity index (χ4n) is 3.75. The average Bonchev–Trinajstić information content (AvgIpc) is 2.51. The molecule has 4 nitrogen and oxygen atoms in total. The van der Waals surface area contributed by atoms with E-state index >= 15 is 0 Å². The van der Waals surface area contributed by atoms with Crippen molar-refractivity contribution in [2.24, 2.45) is 17.8 Å². The van der Waals surface area contributed by atoms with Gasteiger partial charge in [0.1, 0.15) is 0 Å². The third-order valence-corrected chi connectivity index (χ3v) is 4.50. The fraction of sp³-hybridized carbons (Fsp3) is 1.00. The van der Waals surface area contributed by atoms with Gasteiger partial charge in [-0.05, 0) is 37.5 Å². The van der Waals surface area contributed by atoms with Crippen LogP contribution in [0.4, 0.5) is 0 Å². The molecule has 0 amide bonds. The summed E-state index contributed by atoms with van der Waals surface area (Å²) in [4.78, 5) is 4.37. The van der Waals surface area contributed by atoms with E-state index < -0.39 is 6.29 Å². The number of hydrogen-bond acceptors (Lipinski definition) is 4. The van der Waals surface area contributed by atoms with Gasteiger partial charge in [-0.3, -0.25) is 0 Å². The van der Waals surface area contributed by atoms with E-state index in [9.17, 15) is 0 Å². The second-order valence-electron chi connectivity index (χ2n) is 5.30. The summed E-state index contributed by atoms with van der Waals surface area (Å²) in [7, 11) is 0. The van der Waals surface area contributed by atoms with E-state index in [1.807, 2.05) is 0 Å². The van der Waals surface area contributed by atoms with Crippen LogP contribution >= 0.6 is 0 Å². The Bertz CT molecular complexity index is 243. The van der Waals surface area contributed by atoms with Crippen LogP contribution in [0.5, 0.6) is 0 Å². The summed E-state index contributed by atoms with van der Waals surface area (Å²) in [5, 5.41) is 8.77. The molecule has 4 heteroatoms. The van der Waals surface area contributed by atoms with Crippen molar-refractivity contribution in [3.8, 4) is 0 Å². The normalized spacial score (nSPS) is 48.2. The molecule has 5 unspecified atom stereocenters. The molecule has 16 heavy (non-hydrogen) atoms. The molecule has 0 bridgehead atoms. The van der Waals surface area contributed by atoms with E-state index in [1.54, 1.807) is 0 Å². The highest BCUT2D eigenvalue weighted by Crippen LogP contribution is 2.46. The van der Waals surface area contributed by atoms with Gasteiger partial charge in [0.15, 0.2) is 12.6 Å². The first kappa shape index (κ1) is 11.0. The molecule has 0 aromatic rings. The maximum atomic E-state index is 8.77. The lowest BCUT2D eigenvalue weighted by molar-refractivity contribution is -0.381. The zero-order chi connectivity index (χ0) is 11.0. The molecule has 92 valence electrons. The monoisotopic (exact) mass is 228 g/mol. The fourth-order valence-corrected chi connectivity index (χ4v) is 3.75. The molecule has 3 rings (SSSR count). The van der Waals surface area contributed by atoms with Crippen LogP contribution < -0.4 is 0 Å². The summed E-state index contributed by atoms with van der Waals surface area (Å²) in [5.74, 6) is 1.99. The van der Waals surface area contributed by atoms with Gasteiger partial charge < -0.3 is 9.47 Å². The van der Waals surface area contributed by atoms with Crippen LogP contribution in [0.15, 0.2) is 0 Å². The molecule has 2 heterocycles. The average molecular weight is 228 g/mol. The van der Waals surface area contributed by atoms with Crippen molar-refractivity contribution in [3.05, 3.63) is 0 Å². The lowest BCUT2D eigenvalue weighted by atomic mass is 9.68. The Balaban J connectivity index is 1.79. The third kappa shape index (κ3) is 1.88. The van der Waals surface area contributed by atoms with Crippen LogP contribution in [0.25, 0.3) is 0 Å². The minimum absolute atomic E-state index is 0.149. The second-order valence-corrected chi connectivity index (χ2v) is 5.30. The first-order valence-electron chi connectivity index (χ1n) is 6.46. The van der Waals surface area contributed by atoms with Crippen LogP contribution in [0.3, 0.4) is 0 Å². The molecule has 2 saturated heterocycles. The summed E-state index contributed by atoms with van der Waals surface area (Å²) >= 11 is 0. The SMILES string of the molecule is OOC1CCC2CCCC3CCOC(O1)C32. The molecular weight excluding hydrogens is 208 g/mol. The van der Waals surface area contributed by atoms with Gasteiger partial charge in [0, 0.05) is 12.3 Å². The van der Waals surface area contributed by atoms with Crippen molar-refractivity contribution >= 4 is 0 Å². The van der Waals surface area contributed by atoms with Crippen LogP contribution in [0.2, 0.25) is 0 Å². The van der Waals surface area contributed by atoms with E-state index in [0.29, 0.717) is 11.8 Å². The highest BCUT2D eigenvalue weighted by atomic mass is 17.1. The molecule has 3 fully saturated rings. The predicted octanol–water partition coefficient (Wildman–Crippen LogP) is 2.39. The molecule has 3 aliphatic rings. The van der Waals surface area contributed by atoms with Crippen molar-refractivity contribution in [2.45, 2.75) is 51.1 Å². The summed E-state index contributed by atoms with van der Waals surface area (Å²) in [6.45, 7) is 0.788. The van der Waals surface area contributed by atoms with Crippen molar-refractivity contribution in [2.75, 3.05) is 6.61 Å². The van der Waals surface area contributed by atoms with E-state index in [-0.39, 0.29) is 6.29 Å². The highest BCUT2D eigenvalue weighted by Gasteiger charge is 2.45. The molecule has 0 aromatic carbocycles. The molecule has 1 saturated carbocycles. The van der Waals surface area contributed by atoms with Gasteiger partial charge in [-0.25, -0.2) is 10.1 Å². The van der Waals surface area contributed by atoms with Crippen molar-refractivity contribution in [3.63, 3.8) is 0 Å². The number of rotatable bonds is 1. The van der Waals surface area contributed by atoms with Gasteiger partial charge in [-0.15, -0.1) is 0 Å². The Labute approximate surface area is 95.8 Å². The number of hydrogen-bond donors (Lipinski definition) is 1. The number of ether oxygens (including phenoxy) is 2. The maximum Gasteiger partial charge on any atom is 0.193 e. The summed E-state index contributed by atoms with van der Waals surface area (Å²) < 4.78 is 11.4. The third-order valence-electron chi connectivity index (χ3n) is 4.50. The van der Waals surface area contributed by atoms with Gasteiger partial charge in [0.2, 0.25) is 0 Å². The van der Waals surface area contributed by atoms with Crippen molar-refractivity contribution in [1.82, 2.24) is 0 Å². The lowest BCUT2D eigenvalue weighted by Crippen LogP contribution is -2.44. The molecule has 0 aromatic heterocycles. The van der Waals surface area contributed by atoms with Gasteiger partial charge >= 0.3 is 0 Å². The standard InChI is InChI=1S/C12H20O4/c13-16-10-5-4-8-2-1-3-9-6-7-14-12(15-10)11(8)9/h8-13H,1-7H2. The molecule has 1 N–H and O–H groups in total. The maximum absolute atomic E-state index is 8.77. The smallest absolute Gasteiger partial charge is 0.193 e. The van der Waals surface area contributed by atoms with E-state index in [4.69, 9.17) is 14.7 Å². The molecule has 2 aliphatic heterocycles. The summed E-state index contributed by atoms with van der Waals surface area (Å²) in [5.41, 5.74) is 0. The summed E-state index contributed by atoms with van der Waals surface area (Å²) in [6, 6.07) is 0. The van der Waals surface area contributed by atoms with Crippen LogP contribution in [-0.2, 0) is 14.4 Å². The Morgan fingerprint density at radius 2 is 1.81 bits per heavy atom. The first-order valence-corrected chi connectivity index (χ1v) is 6.46. The molecule has 0 spiro atoms. The predicted molar refractivity (Wildman–Crippen MR) is 56.5 cm³/mol. The lowest BCUT2D eigenvalue weighted by Gasteiger charge is -2.44. The Hall–Kier alpha value is -0.160. The molecule has 0 radical (unpaired) electrons. The van der Waals surface area contributed by atoms with Crippen LogP contribution in [0, 0.1) is 17.8 Å². The quantitative estimate of drug-likeness (QED) is 0.553. The van der Waals surface area contributed by atoms with Gasteiger partial charge in [-0.2, -0.15) is 0 Å². The topological polar surface area (TPSA) is 47.9 Å². The van der Waals surface area contributed by atoms with Gasteiger partial charge in [-0.1, -0.05) is 6.42 Å². The van der Waals surface area contributed by atoms with Gasteiger partial charge in [0.25, 0.3) is 0 Å². The molecule has 1 aliphatic carbocycles. The van der Waals surface area contributed by atoms with E-state index in [2.05, 4.69) is 4.89 Å². The van der Waals surface area contributed by atoms with Crippen molar-refractivity contribution < 1.29 is 19.6 Å². The van der Waals surface area contributed by atoms with Crippen LogP contribution in [0.1, 0.15) is 38.5 Å².